The zero-order valence-electron chi connectivity index (χ0n) is 12.1. The summed E-state index contributed by atoms with van der Waals surface area (Å²) >= 11 is 6.14. The van der Waals surface area contributed by atoms with Gasteiger partial charge in [-0.3, -0.25) is 0 Å². The van der Waals surface area contributed by atoms with Crippen LogP contribution in [-0.4, -0.2) is 44.2 Å². The molecule has 1 unspecified atom stereocenters. The molecule has 106 valence electrons. The van der Waals surface area contributed by atoms with Crippen LogP contribution < -0.4 is 10.2 Å². The number of anilines is 1. The molecule has 1 aliphatic heterocycles. The first kappa shape index (κ1) is 14.6. The van der Waals surface area contributed by atoms with E-state index in [0.29, 0.717) is 6.04 Å². The highest BCUT2D eigenvalue weighted by Crippen LogP contribution is 2.27. The molecule has 1 heterocycles. The van der Waals surface area contributed by atoms with Crippen molar-refractivity contribution in [1.29, 1.82) is 0 Å². The van der Waals surface area contributed by atoms with Crippen molar-refractivity contribution in [3.8, 4) is 0 Å². The van der Waals surface area contributed by atoms with Crippen molar-refractivity contribution in [2.45, 2.75) is 26.4 Å². The van der Waals surface area contributed by atoms with Gasteiger partial charge in [-0.2, -0.15) is 0 Å². The van der Waals surface area contributed by atoms with Crippen LogP contribution in [0.25, 0.3) is 0 Å². The van der Waals surface area contributed by atoms with Gasteiger partial charge in [0.1, 0.15) is 0 Å². The first-order valence-electron chi connectivity index (χ1n) is 7.06. The fraction of sp³-hybridized carbons (Fsp3) is 0.600. The number of piperazine rings is 1. The number of nitrogens with one attached hydrogen (secondary N) is 1. The minimum atomic E-state index is 0.542. The SMILES string of the molecule is CCNCc1cc(Cl)ccc1N1CCN(C)CC1C. The lowest BCUT2D eigenvalue weighted by atomic mass is 10.1. The van der Waals surface area contributed by atoms with Gasteiger partial charge in [-0.15, -0.1) is 0 Å². The number of halogens is 1. The maximum Gasteiger partial charge on any atom is 0.0416 e. The average Bonchev–Trinajstić information content (AvgIpc) is 2.37. The van der Waals surface area contributed by atoms with Crippen molar-refractivity contribution in [2.75, 3.05) is 38.1 Å². The number of hydrogen-bond donors (Lipinski definition) is 1. The summed E-state index contributed by atoms with van der Waals surface area (Å²) in [5.74, 6) is 0. The third kappa shape index (κ3) is 3.62. The van der Waals surface area contributed by atoms with E-state index in [0.717, 1.165) is 37.7 Å². The molecule has 0 bridgehead atoms. The van der Waals surface area contributed by atoms with E-state index in [1.54, 1.807) is 0 Å². The van der Waals surface area contributed by atoms with Gasteiger partial charge >= 0.3 is 0 Å². The van der Waals surface area contributed by atoms with Gasteiger partial charge in [-0.25, -0.2) is 0 Å². The van der Waals surface area contributed by atoms with Crippen molar-refractivity contribution < 1.29 is 0 Å². The topological polar surface area (TPSA) is 18.5 Å². The van der Waals surface area contributed by atoms with Gasteiger partial charge in [0.05, 0.1) is 0 Å². The van der Waals surface area contributed by atoms with Gasteiger partial charge < -0.3 is 15.1 Å². The van der Waals surface area contributed by atoms with Crippen LogP contribution in [0.2, 0.25) is 5.02 Å². The molecule has 0 aliphatic carbocycles. The lowest BCUT2D eigenvalue weighted by Gasteiger charge is -2.40. The lowest BCUT2D eigenvalue weighted by molar-refractivity contribution is 0.275. The Kier molecular flexibility index (Phi) is 5.08. The van der Waals surface area contributed by atoms with Gasteiger partial charge in [-0.05, 0) is 44.3 Å². The van der Waals surface area contributed by atoms with Gasteiger partial charge in [0.15, 0.2) is 0 Å². The first-order chi connectivity index (χ1) is 9.11. The van der Waals surface area contributed by atoms with E-state index >= 15 is 0 Å². The molecule has 0 amide bonds. The van der Waals surface area contributed by atoms with E-state index < -0.39 is 0 Å². The smallest absolute Gasteiger partial charge is 0.0416 e. The zero-order valence-corrected chi connectivity index (χ0v) is 12.9. The number of benzene rings is 1. The van der Waals surface area contributed by atoms with E-state index in [2.05, 4.69) is 48.1 Å². The summed E-state index contributed by atoms with van der Waals surface area (Å²) in [6, 6.07) is 6.79. The van der Waals surface area contributed by atoms with Crippen LogP contribution in [0.1, 0.15) is 19.4 Å². The second kappa shape index (κ2) is 6.60. The highest BCUT2D eigenvalue weighted by molar-refractivity contribution is 6.30. The van der Waals surface area contributed by atoms with Crippen LogP contribution in [0.3, 0.4) is 0 Å². The fourth-order valence-electron chi connectivity index (χ4n) is 2.73. The Morgan fingerprint density at radius 1 is 1.37 bits per heavy atom. The lowest BCUT2D eigenvalue weighted by Crippen LogP contribution is -2.50. The van der Waals surface area contributed by atoms with Crippen molar-refractivity contribution >= 4 is 17.3 Å². The second-order valence-corrected chi connectivity index (χ2v) is 5.79. The highest BCUT2D eigenvalue weighted by atomic mass is 35.5. The van der Waals surface area contributed by atoms with Crippen LogP contribution in [0.5, 0.6) is 0 Å². The minimum absolute atomic E-state index is 0.542. The molecule has 19 heavy (non-hydrogen) atoms. The predicted molar refractivity (Wildman–Crippen MR) is 83.1 cm³/mol. The summed E-state index contributed by atoms with van der Waals surface area (Å²) in [6.45, 7) is 9.59. The Labute approximate surface area is 121 Å². The van der Waals surface area contributed by atoms with Crippen LogP contribution in [-0.2, 0) is 6.54 Å². The third-order valence-electron chi connectivity index (χ3n) is 3.75. The van der Waals surface area contributed by atoms with Crippen molar-refractivity contribution in [1.82, 2.24) is 10.2 Å². The van der Waals surface area contributed by atoms with Crippen LogP contribution in [0.4, 0.5) is 5.69 Å². The maximum atomic E-state index is 6.14. The monoisotopic (exact) mass is 281 g/mol. The van der Waals surface area contributed by atoms with Gasteiger partial charge in [-0.1, -0.05) is 18.5 Å². The maximum absolute atomic E-state index is 6.14. The average molecular weight is 282 g/mol. The highest BCUT2D eigenvalue weighted by Gasteiger charge is 2.23. The summed E-state index contributed by atoms with van der Waals surface area (Å²) in [5, 5.41) is 4.22. The summed E-state index contributed by atoms with van der Waals surface area (Å²) in [4.78, 5) is 4.89. The number of likely N-dealkylation sites (N-methyl/N-ethyl adjacent to an activating group) is 1. The normalized spacial score (nSPS) is 20.8. The molecule has 1 fully saturated rings. The molecular weight excluding hydrogens is 258 g/mol. The van der Waals surface area contributed by atoms with Gasteiger partial charge in [0.25, 0.3) is 0 Å². The summed E-state index contributed by atoms with van der Waals surface area (Å²) in [6.07, 6.45) is 0. The molecule has 1 saturated heterocycles. The molecular formula is C15H24ClN3. The fourth-order valence-corrected chi connectivity index (χ4v) is 2.93. The molecule has 1 aliphatic rings. The molecule has 1 atom stereocenters. The molecule has 0 saturated carbocycles. The summed E-state index contributed by atoms with van der Waals surface area (Å²) in [5.41, 5.74) is 2.62. The van der Waals surface area contributed by atoms with Crippen molar-refractivity contribution in [3.63, 3.8) is 0 Å². The standard InChI is InChI=1S/C15H24ClN3/c1-4-17-10-13-9-14(16)5-6-15(13)19-8-7-18(3)11-12(19)2/h5-6,9,12,17H,4,7-8,10-11H2,1-3H3. The molecule has 2 rings (SSSR count). The van der Waals surface area contributed by atoms with E-state index in [1.807, 2.05) is 6.07 Å². The largest absolute Gasteiger partial charge is 0.366 e. The number of nitrogens with zero attached hydrogens (tertiary/aromatic N) is 2. The zero-order chi connectivity index (χ0) is 13.8. The summed E-state index contributed by atoms with van der Waals surface area (Å²) in [7, 11) is 2.19. The molecule has 4 heteroatoms. The Morgan fingerprint density at radius 2 is 2.16 bits per heavy atom. The Hall–Kier alpha value is -0.770. The molecule has 1 N–H and O–H groups in total. The van der Waals surface area contributed by atoms with E-state index in [-0.39, 0.29) is 0 Å². The first-order valence-corrected chi connectivity index (χ1v) is 7.44. The second-order valence-electron chi connectivity index (χ2n) is 5.36. The third-order valence-corrected chi connectivity index (χ3v) is 3.98. The molecule has 0 spiro atoms. The predicted octanol–water partition coefficient (Wildman–Crippen LogP) is 2.59. The van der Waals surface area contributed by atoms with Crippen LogP contribution in [0.15, 0.2) is 18.2 Å². The number of rotatable bonds is 4. The number of hydrogen-bond acceptors (Lipinski definition) is 3. The molecule has 0 radical (unpaired) electrons. The van der Waals surface area contributed by atoms with Crippen LogP contribution in [0, 0.1) is 0 Å². The van der Waals surface area contributed by atoms with E-state index in [4.69, 9.17) is 11.6 Å². The van der Waals surface area contributed by atoms with Gasteiger partial charge in [0.2, 0.25) is 0 Å². The van der Waals surface area contributed by atoms with Crippen LogP contribution >= 0.6 is 11.6 Å². The molecule has 1 aromatic carbocycles. The minimum Gasteiger partial charge on any atom is -0.366 e. The Morgan fingerprint density at radius 3 is 2.84 bits per heavy atom. The molecule has 1 aromatic rings. The van der Waals surface area contributed by atoms with E-state index in [9.17, 15) is 0 Å². The van der Waals surface area contributed by atoms with Crippen molar-refractivity contribution in [2.24, 2.45) is 0 Å². The Bertz CT molecular complexity index is 422. The van der Waals surface area contributed by atoms with E-state index in [1.165, 1.54) is 11.3 Å². The molecule has 0 aromatic heterocycles. The quantitative estimate of drug-likeness (QED) is 0.915. The Balaban J connectivity index is 2.22. The van der Waals surface area contributed by atoms with Gasteiger partial charge in [0, 0.05) is 42.9 Å². The molecule has 3 nitrogen and oxygen atoms in total. The summed E-state index contributed by atoms with van der Waals surface area (Å²) < 4.78 is 0. The van der Waals surface area contributed by atoms with Crippen molar-refractivity contribution in [3.05, 3.63) is 28.8 Å².